The van der Waals surface area contributed by atoms with E-state index in [9.17, 15) is 4.79 Å². The number of Topliss-reactive ketones (excluding diaryl/α,β-unsaturated/α-hetero) is 1. The Hall–Kier alpha value is -1.54. The molecule has 1 fully saturated rings. The van der Waals surface area contributed by atoms with E-state index in [4.69, 9.17) is 0 Å². The monoisotopic (exact) mass is 268 g/mol. The molecule has 0 radical (unpaired) electrons. The summed E-state index contributed by atoms with van der Waals surface area (Å²) in [6.45, 7) is 0. The molecule has 0 amide bonds. The summed E-state index contributed by atoms with van der Waals surface area (Å²) in [7, 11) is 0. The second-order valence-electron chi connectivity index (χ2n) is 4.88. The van der Waals surface area contributed by atoms with Gasteiger partial charge in [-0.05, 0) is 11.1 Å². The van der Waals surface area contributed by atoms with Gasteiger partial charge in [0.2, 0.25) is 0 Å². The highest BCUT2D eigenvalue weighted by Gasteiger charge is 2.29. The van der Waals surface area contributed by atoms with Crippen LogP contribution >= 0.6 is 11.8 Å². The zero-order valence-electron chi connectivity index (χ0n) is 10.7. The van der Waals surface area contributed by atoms with E-state index < -0.39 is 0 Å². The lowest BCUT2D eigenvalue weighted by molar-refractivity contribution is -0.119. The molecule has 0 spiro atoms. The Bertz CT molecular complexity index is 500. The molecule has 2 aromatic rings. The van der Waals surface area contributed by atoms with Gasteiger partial charge in [0.05, 0.1) is 0 Å². The minimum atomic E-state index is 0.299. The van der Waals surface area contributed by atoms with E-state index in [1.54, 1.807) is 0 Å². The van der Waals surface area contributed by atoms with Crippen molar-refractivity contribution in [2.75, 3.05) is 0 Å². The smallest absolute Gasteiger partial charge is 0.135 e. The molecule has 1 saturated heterocycles. The van der Waals surface area contributed by atoms with Gasteiger partial charge in [-0.1, -0.05) is 60.7 Å². The fourth-order valence-electron chi connectivity index (χ4n) is 2.52. The average molecular weight is 268 g/mol. The van der Waals surface area contributed by atoms with Crippen LogP contribution in [0.4, 0.5) is 0 Å². The maximum atomic E-state index is 12.0. The van der Waals surface area contributed by atoms with Crippen molar-refractivity contribution in [3.05, 3.63) is 71.8 Å². The zero-order valence-corrected chi connectivity index (χ0v) is 11.5. The first-order chi connectivity index (χ1) is 9.33. The quantitative estimate of drug-likeness (QED) is 0.794. The highest BCUT2D eigenvalue weighted by molar-refractivity contribution is 7.99. The van der Waals surface area contributed by atoms with Crippen LogP contribution in [0, 0.1) is 0 Å². The molecule has 1 aliphatic rings. The highest BCUT2D eigenvalue weighted by Crippen LogP contribution is 2.48. The van der Waals surface area contributed by atoms with Gasteiger partial charge in [0.15, 0.2) is 0 Å². The maximum absolute atomic E-state index is 12.0. The van der Waals surface area contributed by atoms with E-state index in [0.29, 0.717) is 29.1 Å². The second kappa shape index (κ2) is 5.62. The van der Waals surface area contributed by atoms with Gasteiger partial charge in [-0.15, -0.1) is 11.8 Å². The highest BCUT2D eigenvalue weighted by atomic mass is 32.2. The molecule has 2 unspecified atom stereocenters. The van der Waals surface area contributed by atoms with Gasteiger partial charge in [-0.2, -0.15) is 0 Å². The standard InChI is InChI=1S/C17H16OS/c18-15-11-16(13-7-3-1-4-8-13)19-17(12-15)14-9-5-2-6-10-14/h1-10,16-17H,11-12H2. The number of ketones is 1. The Balaban J connectivity index is 1.84. The van der Waals surface area contributed by atoms with Crippen LogP contribution in [-0.2, 0) is 4.79 Å². The molecule has 1 aliphatic heterocycles. The van der Waals surface area contributed by atoms with Crippen LogP contribution in [0.15, 0.2) is 60.7 Å². The second-order valence-corrected chi connectivity index (χ2v) is 6.29. The zero-order chi connectivity index (χ0) is 13.1. The molecule has 1 heterocycles. The molecule has 0 bridgehead atoms. The fraction of sp³-hybridized carbons (Fsp3) is 0.235. The van der Waals surface area contributed by atoms with E-state index >= 15 is 0 Å². The largest absolute Gasteiger partial charge is 0.300 e. The van der Waals surface area contributed by atoms with Crippen LogP contribution in [0.2, 0.25) is 0 Å². The normalized spacial score (nSPS) is 23.3. The number of carbonyl (C=O) groups is 1. The van der Waals surface area contributed by atoms with Crippen molar-refractivity contribution in [2.45, 2.75) is 23.3 Å². The summed E-state index contributed by atoms with van der Waals surface area (Å²) in [6.07, 6.45) is 1.33. The molecular formula is C17H16OS. The van der Waals surface area contributed by atoms with Crippen molar-refractivity contribution >= 4 is 17.5 Å². The predicted molar refractivity (Wildman–Crippen MR) is 80.2 cm³/mol. The van der Waals surface area contributed by atoms with Gasteiger partial charge in [-0.25, -0.2) is 0 Å². The van der Waals surface area contributed by atoms with Gasteiger partial charge < -0.3 is 0 Å². The number of thioether (sulfide) groups is 1. The summed E-state index contributed by atoms with van der Waals surface area (Å²) in [4.78, 5) is 12.0. The molecule has 0 aromatic heterocycles. The first-order valence-electron chi connectivity index (χ1n) is 6.60. The summed E-state index contributed by atoms with van der Waals surface area (Å²) in [5.74, 6) is 0.376. The molecule has 0 aliphatic carbocycles. The van der Waals surface area contributed by atoms with Crippen LogP contribution in [-0.4, -0.2) is 5.78 Å². The van der Waals surface area contributed by atoms with Crippen molar-refractivity contribution in [3.63, 3.8) is 0 Å². The summed E-state index contributed by atoms with van der Waals surface area (Å²) in [5.41, 5.74) is 2.53. The SMILES string of the molecule is O=C1CC(c2ccccc2)SC(c2ccccc2)C1. The molecule has 1 nitrogen and oxygen atoms in total. The summed E-state index contributed by atoms with van der Waals surface area (Å²) in [6, 6.07) is 20.7. The van der Waals surface area contributed by atoms with E-state index in [1.807, 2.05) is 48.2 Å². The topological polar surface area (TPSA) is 17.1 Å². The van der Waals surface area contributed by atoms with E-state index in [-0.39, 0.29) is 0 Å². The van der Waals surface area contributed by atoms with Gasteiger partial charge in [-0.3, -0.25) is 4.79 Å². The third-order valence-corrected chi connectivity index (χ3v) is 5.03. The Labute approximate surface area is 118 Å². The Morgan fingerprint density at radius 3 is 1.58 bits per heavy atom. The van der Waals surface area contributed by atoms with E-state index in [0.717, 1.165) is 0 Å². The molecule has 96 valence electrons. The van der Waals surface area contributed by atoms with Crippen molar-refractivity contribution < 1.29 is 4.79 Å². The number of benzene rings is 2. The summed E-state index contributed by atoms with van der Waals surface area (Å²) in [5, 5.41) is 0.598. The fourth-order valence-corrected chi connectivity index (χ4v) is 4.11. The molecule has 2 aromatic carbocycles. The van der Waals surface area contributed by atoms with Crippen LogP contribution < -0.4 is 0 Å². The van der Waals surface area contributed by atoms with Crippen LogP contribution in [0.1, 0.15) is 34.5 Å². The predicted octanol–water partition coefficient (Wildman–Crippen LogP) is 4.57. The lowest BCUT2D eigenvalue weighted by Crippen LogP contribution is -2.15. The molecule has 2 atom stereocenters. The van der Waals surface area contributed by atoms with Crippen LogP contribution in [0.3, 0.4) is 0 Å². The molecule has 2 heteroatoms. The lowest BCUT2D eigenvalue weighted by Gasteiger charge is -2.28. The number of carbonyl (C=O) groups excluding carboxylic acids is 1. The minimum Gasteiger partial charge on any atom is -0.300 e. The van der Waals surface area contributed by atoms with Crippen molar-refractivity contribution in [2.24, 2.45) is 0 Å². The van der Waals surface area contributed by atoms with Gasteiger partial charge >= 0.3 is 0 Å². The third kappa shape index (κ3) is 2.90. The van der Waals surface area contributed by atoms with Crippen molar-refractivity contribution in [1.29, 1.82) is 0 Å². The van der Waals surface area contributed by atoms with E-state index in [2.05, 4.69) is 24.3 Å². The van der Waals surface area contributed by atoms with Gasteiger partial charge in [0.25, 0.3) is 0 Å². The number of rotatable bonds is 2. The third-order valence-electron chi connectivity index (χ3n) is 3.50. The Morgan fingerprint density at radius 2 is 1.16 bits per heavy atom. The van der Waals surface area contributed by atoms with Gasteiger partial charge in [0.1, 0.15) is 5.78 Å². The number of hydrogen-bond acceptors (Lipinski definition) is 2. The Morgan fingerprint density at radius 1 is 0.737 bits per heavy atom. The Kier molecular flexibility index (Phi) is 3.69. The molecule has 19 heavy (non-hydrogen) atoms. The minimum absolute atomic E-state index is 0.299. The maximum Gasteiger partial charge on any atom is 0.135 e. The van der Waals surface area contributed by atoms with Crippen LogP contribution in [0.5, 0.6) is 0 Å². The first kappa shape index (κ1) is 12.5. The van der Waals surface area contributed by atoms with Crippen molar-refractivity contribution in [3.8, 4) is 0 Å². The van der Waals surface area contributed by atoms with Crippen LogP contribution in [0.25, 0.3) is 0 Å². The van der Waals surface area contributed by atoms with Gasteiger partial charge in [0, 0.05) is 23.3 Å². The molecule has 0 saturated carbocycles. The summed E-state index contributed by atoms with van der Waals surface area (Å²) < 4.78 is 0. The first-order valence-corrected chi connectivity index (χ1v) is 7.54. The molecular weight excluding hydrogens is 252 g/mol. The van der Waals surface area contributed by atoms with E-state index in [1.165, 1.54) is 11.1 Å². The lowest BCUT2D eigenvalue weighted by atomic mass is 10.0. The molecule has 3 rings (SSSR count). The molecule has 0 N–H and O–H groups in total. The average Bonchev–Trinajstić information content (AvgIpc) is 2.48. The van der Waals surface area contributed by atoms with Crippen molar-refractivity contribution in [1.82, 2.24) is 0 Å². The summed E-state index contributed by atoms with van der Waals surface area (Å²) >= 11 is 1.92. The number of hydrogen-bond donors (Lipinski definition) is 0.